The van der Waals surface area contributed by atoms with Gasteiger partial charge in [0.15, 0.2) is 0 Å². The summed E-state index contributed by atoms with van der Waals surface area (Å²) in [6, 6.07) is 7.93. The lowest BCUT2D eigenvalue weighted by molar-refractivity contribution is 0.552. The number of nitrogens with zero attached hydrogens (tertiary/aromatic N) is 3. The van der Waals surface area contributed by atoms with Crippen molar-refractivity contribution in [2.24, 2.45) is 4.99 Å². The lowest BCUT2D eigenvalue weighted by atomic mass is 10.0. The van der Waals surface area contributed by atoms with Gasteiger partial charge in [0, 0.05) is 31.0 Å². The molecule has 0 spiro atoms. The standard InChI is InChI=1S/C17H20ClN3/c1-4-21(3)12-20-17-10-16(18)9-15(13(17)2)8-14-6-5-7-19-11-14/h5-7,9-12H,4,8H2,1-3H3/b20-12-. The number of hydrogen-bond acceptors (Lipinski definition) is 2. The van der Waals surface area contributed by atoms with Crippen LogP contribution in [0.1, 0.15) is 23.6 Å². The summed E-state index contributed by atoms with van der Waals surface area (Å²) in [5, 5.41) is 0.714. The summed E-state index contributed by atoms with van der Waals surface area (Å²) in [5.74, 6) is 0. The van der Waals surface area contributed by atoms with Crippen LogP contribution in [0.25, 0.3) is 0 Å². The predicted molar refractivity (Wildman–Crippen MR) is 89.7 cm³/mol. The van der Waals surface area contributed by atoms with Crippen molar-refractivity contribution in [1.29, 1.82) is 0 Å². The molecular weight excluding hydrogens is 282 g/mol. The van der Waals surface area contributed by atoms with Crippen molar-refractivity contribution in [3.63, 3.8) is 0 Å². The fraction of sp³-hybridized carbons (Fsp3) is 0.294. The van der Waals surface area contributed by atoms with Gasteiger partial charge in [-0.2, -0.15) is 0 Å². The molecule has 0 saturated carbocycles. The Morgan fingerprint density at radius 1 is 1.38 bits per heavy atom. The lowest BCUT2D eigenvalue weighted by Crippen LogP contribution is -2.14. The van der Waals surface area contributed by atoms with Crippen LogP contribution >= 0.6 is 11.6 Å². The van der Waals surface area contributed by atoms with Gasteiger partial charge in [0.2, 0.25) is 0 Å². The second kappa shape index (κ2) is 7.23. The molecule has 2 aromatic rings. The highest BCUT2D eigenvalue weighted by Gasteiger charge is 2.07. The van der Waals surface area contributed by atoms with E-state index in [0.29, 0.717) is 5.02 Å². The summed E-state index contributed by atoms with van der Waals surface area (Å²) < 4.78 is 0. The van der Waals surface area contributed by atoms with Crippen LogP contribution in [0.2, 0.25) is 5.02 Å². The zero-order chi connectivity index (χ0) is 15.2. The molecule has 110 valence electrons. The molecule has 0 aliphatic carbocycles. The van der Waals surface area contributed by atoms with Gasteiger partial charge in [0.05, 0.1) is 12.0 Å². The monoisotopic (exact) mass is 301 g/mol. The summed E-state index contributed by atoms with van der Waals surface area (Å²) >= 11 is 6.23. The third kappa shape index (κ3) is 4.30. The number of aromatic nitrogens is 1. The molecule has 0 saturated heterocycles. The van der Waals surface area contributed by atoms with Gasteiger partial charge >= 0.3 is 0 Å². The maximum atomic E-state index is 6.23. The Hall–Kier alpha value is -1.87. The fourth-order valence-electron chi connectivity index (χ4n) is 2.00. The SMILES string of the molecule is CCN(C)/C=N\c1cc(Cl)cc(Cc2cccnc2)c1C. The first-order valence-corrected chi connectivity index (χ1v) is 7.40. The molecule has 0 aliphatic heterocycles. The molecule has 0 N–H and O–H groups in total. The van der Waals surface area contributed by atoms with E-state index >= 15 is 0 Å². The average Bonchev–Trinajstić information content (AvgIpc) is 2.49. The molecule has 0 amide bonds. The van der Waals surface area contributed by atoms with Gasteiger partial charge in [-0.1, -0.05) is 17.7 Å². The van der Waals surface area contributed by atoms with E-state index in [2.05, 4.69) is 29.9 Å². The zero-order valence-electron chi connectivity index (χ0n) is 12.7. The van der Waals surface area contributed by atoms with Gasteiger partial charge in [-0.25, -0.2) is 4.99 Å². The third-order valence-corrected chi connectivity index (χ3v) is 3.68. The summed E-state index contributed by atoms with van der Waals surface area (Å²) in [7, 11) is 2.00. The molecular formula is C17H20ClN3. The molecule has 0 unspecified atom stereocenters. The highest BCUT2D eigenvalue weighted by molar-refractivity contribution is 6.31. The molecule has 0 aliphatic rings. The first-order valence-electron chi connectivity index (χ1n) is 7.02. The number of halogens is 1. The normalized spacial score (nSPS) is 11.0. The minimum atomic E-state index is 0.714. The van der Waals surface area contributed by atoms with Crippen LogP contribution in [-0.4, -0.2) is 29.8 Å². The predicted octanol–water partition coefficient (Wildman–Crippen LogP) is 4.25. The van der Waals surface area contributed by atoms with E-state index in [-0.39, 0.29) is 0 Å². The van der Waals surface area contributed by atoms with Crippen molar-refractivity contribution >= 4 is 23.6 Å². The second-order valence-electron chi connectivity index (χ2n) is 5.06. The molecule has 0 atom stereocenters. The minimum absolute atomic E-state index is 0.714. The van der Waals surface area contributed by atoms with Crippen LogP contribution in [0.5, 0.6) is 0 Å². The van der Waals surface area contributed by atoms with Crippen LogP contribution in [0, 0.1) is 6.92 Å². The van der Waals surface area contributed by atoms with Gasteiger partial charge in [0.25, 0.3) is 0 Å². The van der Waals surface area contributed by atoms with E-state index in [1.807, 2.05) is 42.7 Å². The Morgan fingerprint density at radius 2 is 2.19 bits per heavy atom. The molecule has 4 heteroatoms. The Balaban J connectivity index is 2.30. The molecule has 1 heterocycles. The van der Waals surface area contributed by atoms with E-state index in [4.69, 9.17) is 11.6 Å². The minimum Gasteiger partial charge on any atom is -0.366 e. The number of rotatable bonds is 5. The van der Waals surface area contributed by atoms with Crippen molar-refractivity contribution in [1.82, 2.24) is 9.88 Å². The van der Waals surface area contributed by atoms with Crippen molar-refractivity contribution in [3.05, 3.63) is 58.4 Å². The van der Waals surface area contributed by atoms with Crippen LogP contribution < -0.4 is 0 Å². The number of benzene rings is 1. The number of aliphatic imine (C=N–C) groups is 1. The highest BCUT2D eigenvalue weighted by Crippen LogP contribution is 2.28. The van der Waals surface area contributed by atoms with Crippen LogP contribution in [0.15, 0.2) is 41.7 Å². The summed E-state index contributed by atoms with van der Waals surface area (Å²) in [6.45, 7) is 5.09. The van der Waals surface area contributed by atoms with Crippen molar-refractivity contribution in [3.8, 4) is 0 Å². The lowest BCUT2D eigenvalue weighted by Gasteiger charge is -2.12. The van der Waals surface area contributed by atoms with Crippen LogP contribution in [0.3, 0.4) is 0 Å². The van der Waals surface area contributed by atoms with E-state index < -0.39 is 0 Å². The van der Waals surface area contributed by atoms with Gasteiger partial charge < -0.3 is 4.90 Å². The molecule has 21 heavy (non-hydrogen) atoms. The first-order chi connectivity index (χ1) is 10.1. The first kappa shape index (κ1) is 15.5. The molecule has 0 radical (unpaired) electrons. The summed E-state index contributed by atoms with van der Waals surface area (Å²) in [4.78, 5) is 10.7. The van der Waals surface area contributed by atoms with Gasteiger partial charge in [-0.15, -0.1) is 0 Å². The molecule has 1 aromatic carbocycles. The van der Waals surface area contributed by atoms with Gasteiger partial charge in [-0.3, -0.25) is 4.98 Å². The topological polar surface area (TPSA) is 28.5 Å². The maximum Gasteiger partial charge on any atom is 0.0909 e. The van der Waals surface area contributed by atoms with E-state index in [1.54, 1.807) is 6.20 Å². The maximum absolute atomic E-state index is 6.23. The largest absolute Gasteiger partial charge is 0.366 e. The zero-order valence-corrected chi connectivity index (χ0v) is 13.4. The Bertz CT molecular complexity index is 623. The van der Waals surface area contributed by atoms with Crippen molar-refractivity contribution in [2.45, 2.75) is 20.3 Å². The molecule has 3 nitrogen and oxygen atoms in total. The van der Waals surface area contributed by atoms with Gasteiger partial charge in [-0.05, 0) is 55.2 Å². The van der Waals surface area contributed by atoms with E-state index in [9.17, 15) is 0 Å². The molecule has 0 fully saturated rings. The second-order valence-corrected chi connectivity index (χ2v) is 5.50. The third-order valence-electron chi connectivity index (χ3n) is 3.46. The average molecular weight is 302 g/mol. The number of hydrogen-bond donors (Lipinski definition) is 0. The quantitative estimate of drug-likeness (QED) is 0.610. The van der Waals surface area contributed by atoms with Gasteiger partial charge in [0.1, 0.15) is 0 Å². The van der Waals surface area contributed by atoms with Crippen LogP contribution in [-0.2, 0) is 6.42 Å². The highest BCUT2D eigenvalue weighted by atomic mass is 35.5. The smallest absolute Gasteiger partial charge is 0.0909 e. The number of pyridine rings is 1. The summed E-state index contributed by atoms with van der Waals surface area (Å²) in [6.07, 6.45) is 6.32. The van der Waals surface area contributed by atoms with Crippen molar-refractivity contribution in [2.75, 3.05) is 13.6 Å². The van der Waals surface area contributed by atoms with E-state index in [0.717, 1.165) is 24.2 Å². The molecule has 2 rings (SSSR count). The molecule has 1 aromatic heterocycles. The Kier molecular flexibility index (Phi) is 5.34. The Morgan fingerprint density at radius 3 is 2.86 bits per heavy atom. The fourth-order valence-corrected chi connectivity index (χ4v) is 2.24. The summed E-state index contributed by atoms with van der Waals surface area (Å²) in [5.41, 5.74) is 4.43. The van der Waals surface area contributed by atoms with Crippen molar-refractivity contribution < 1.29 is 0 Å². The Labute approximate surface area is 131 Å². The van der Waals surface area contributed by atoms with Crippen LogP contribution in [0.4, 0.5) is 5.69 Å². The van der Waals surface area contributed by atoms with E-state index in [1.165, 1.54) is 11.1 Å². The molecule has 0 bridgehead atoms.